The van der Waals surface area contributed by atoms with E-state index in [4.69, 9.17) is 4.74 Å². The summed E-state index contributed by atoms with van der Waals surface area (Å²) in [6.45, 7) is 3.10. The van der Waals surface area contributed by atoms with Crippen LogP contribution in [0.2, 0.25) is 0 Å². The lowest BCUT2D eigenvalue weighted by molar-refractivity contribution is -0.151. The van der Waals surface area contributed by atoms with Crippen LogP contribution in [-0.2, 0) is 14.3 Å². The predicted molar refractivity (Wildman–Crippen MR) is 67.2 cm³/mol. The molecule has 1 atom stereocenters. The minimum Gasteiger partial charge on any atom is -0.481 e. The van der Waals surface area contributed by atoms with Crippen LogP contribution < -0.4 is 5.32 Å². The molecule has 5 nitrogen and oxygen atoms in total. The average molecular weight is 257 g/mol. The molecule has 0 aromatic carbocycles. The highest BCUT2D eigenvalue weighted by molar-refractivity contribution is 5.85. The van der Waals surface area contributed by atoms with E-state index in [1.165, 1.54) is 0 Å². The van der Waals surface area contributed by atoms with Crippen molar-refractivity contribution in [2.75, 3.05) is 20.3 Å². The van der Waals surface area contributed by atoms with Crippen molar-refractivity contribution < 1.29 is 19.4 Å². The first kappa shape index (κ1) is 15.0. The molecule has 1 aliphatic rings. The second-order valence-electron chi connectivity index (χ2n) is 5.33. The highest BCUT2D eigenvalue weighted by Crippen LogP contribution is 2.41. The van der Waals surface area contributed by atoms with Gasteiger partial charge in [-0.1, -0.05) is 19.8 Å². The Morgan fingerprint density at radius 3 is 2.50 bits per heavy atom. The van der Waals surface area contributed by atoms with E-state index in [9.17, 15) is 14.7 Å². The zero-order valence-corrected chi connectivity index (χ0v) is 11.2. The lowest BCUT2D eigenvalue weighted by Gasteiger charge is -2.23. The summed E-state index contributed by atoms with van der Waals surface area (Å²) in [5.41, 5.74) is -0.825. The van der Waals surface area contributed by atoms with E-state index in [-0.39, 0.29) is 18.2 Å². The molecule has 104 valence electrons. The molecule has 1 aliphatic carbocycles. The number of amides is 1. The monoisotopic (exact) mass is 257 g/mol. The van der Waals surface area contributed by atoms with Crippen molar-refractivity contribution in [1.82, 2.24) is 5.32 Å². The van der Waals surface area contributed by atoms with Gasteiger partial charge in [-0.05, 0) is 18.8 Å². The third-order valence-electron chi connectivity index (χ3n) is 3.61. The summed E-state index contributed by atoms with van der Waals surface area (Å²) < 4.78 is 4.98. The number of methoxy groups -OCH3 is 1. The van der Waals surface area contributed by atoms with Crippen molar-refractivity contribution in [2.24, 2.45) is 11.3 Å². The number of carbonyl (C=O) groups excluding carboxylic acids is 1. The number of hydrogen-bond acceptors (Lipinski definition) is 3. The van der Waals surface area contributed by atoms with Crippen LogP contribution in [0.5, 0.6) is 0 Å². The van der Waals surface area contributed by atoms with E-state index in [1.807, 2.05) is 6.92 Å². The van der Waals surface area contributed by atoms with E-state index in [2.05, 4.69) is 5.32 Å². The summed E-state index contributed by atoms with van der Waals surface area (Å²) in [5.74, 6) is -0.759. The van der Waals surface area contributed by atoms with Crippen LogP contribution in [0.25, 0.3) is 0 Å². The van der Waals surface area contributed by atoms with Crippen molar-refractivity contribution in [3.8, 4) is 0 Å². The Labute approximate surface area is 108 Å². The molecule has 0 heterocycles. The maximum Gasteiger partial charge on any atom is 0.310 e. The predicted octanol–water partition coefficient (Wildman–Crippen LogP) is 1.42. The molecule has 0 saturated heterocycles. The topological polar surface area (TPSA) is 75.6 Å². The summed E-state index contributed by atoms with van der Waals surface area (Å²) in [4.78, 5) is 23.1. The number of aliphatic carboxylic acids is 1. The summed E-state index contributed by atoms with van der Waals surface area (Å²) in [5, 5.41) is 12.1. The molecule has 1 unspecified atom stereocenters. The normalized spacial score (nSPS) is 19.4. The molecule has 0 bridgehead atoms. The number of rotatable bonds is 7. The average Bonchev–Trinajstić information content (AvgIpc) is 2.77. The van der Waals surface area contributed by atoms with Crippen molar-refractivity contribution in [3.63, 3.8) is 0 Å². The molecule has 0 aromatic heterocycles. The van der Waals surface area contributed by atoms with Gasteiger partial charge in [0, 0.05) is 20.1 Å². The fourth-order valence-corrected chi connectivity index (χ4v) is 2.52. The van der Waals surface area contributed by atoms with Gasteiger partial charge < -0.3 is 15.2 Å². The minimum atomic E-state index is -0.833. The number of hydrogen-bond donors (Lipinski definition) is 2. The largest absolute Gasteiger partial charge is 0.481 e. The first-order valence-corrected chi connectivity index (χ1v) is 6.49. The van der Waals surface area contributed by atoms with Crippen LogP contribution in [0.4, 0.5) is 0 Å². The number of carbonyl (C=O) groups is 2. The molecule has 5 heteroatoms. The highest BCUT2D eigenvalue weighted by Gasteiger charge is 2.42. The van der Waals surface area contributed by atoms with Crippen LogP contribution >= 0.6 is 0 Å². The molecule has 0 spiro atoms. The minimum absolute atomic E-state index is 0.0992. The fraction of sp³-hybridized carbons (Fsp3) is 0.846. The van der Waals surface area contributed by atoms with Crippen molar-refractivity contribution >= 4 is 11.9 Å². The van der Waals surface area contributed by atoms with Gasteiger partial charge in [0.2, 0.25) is 5.91 Å². The Balaban J connectivity index is 2.41. The van der Waals surface area contributed by atoms with Crippen LogP contribution in [0.15, 0.2) is 0 Å². The van der Waals surface area contributed by atoms with E-state index < -0.39 is 11.4 Å². The maximum absolute atomic E-state index is 11.8. The Morgan fingerprint density at radius 2 is 2.00 bits per heavy atom. The zero-order chi connectivity index (χ0) is 13.6. The van der Waals surface area contributed by atoms with Gasteiger partial charge in [-0.3, -0.25) is 9.59 Å². The SMILES string of the molecule is COCC(C)CNC(=O)CC1(C(=O)O)CCCC1. The molecule has 1 fully saturated rings. The first-order valence-electron chi connectivity index (χ1n) is 6.49. The quantitative estimate of drug-likeness (QED) is 0.723. The molecule has 18 heavy (non-hydrogen) atoms. The number of carboxylic acid groups (broad SMARTS) is 1. The molecule has 1 saturated carbocycles. The molecule has 0 aromatic rings. The third kappa shape index (κ3) is 3.98. The number of ether oxygens (including phenoxy) is 1. The molecular weight excluding hydrogens is 234 g/mol. The van der Waals surface area contributed by atoms with Gasteiger partial charge in [0.1, 0.15) is 0 Å². The summed E-state index contributed by atoms with van der Waals surface area (Å²) in [6, 6.07) is 0. The summed E-state index contributed by atoms with van der Waals surface area (Å²) in [7, 11) is 1.62. The molecule has 0 radical (unpaired) electrons. The third-order valence-corrected chi connectivity index (χ3v) is 3.61. The van der Waals surface area contributed by atoms with Gasteiger partial charge in [0.25, 0.3) is 0 Å². The van der Waals surface area contributed by atoms with Crippen LogP contribution in [-0.4, -0.2) is 37.2 Å². The Morgan fingerprint density at radius 1 is 1.39 bits per heavy atom. The second kappa shape index (κ2) is 6.73. The molecule has 0 aliphatic heterocycles. The van der Waals surface area contributed by atoms with E-state index >= 15 is 0 Å². The lowest BCUT2D eigenvalue weighted by Crippen LogP contribution is -2.37. The Bertz CT molecular complexity index is 297. The molecule has 2 N–H and O–H groups in total. The van der Waals surface area contributed by atoms with Crippen molar-refractivity contribution in [3.05, 3.63) is 0 Å². The van der Waals surface area contributed by atoms with Gasteiger partial charge >= 0.3 is 5.97 Å². The Hall–Kier alpha value is -1.10. The van der Waals surface area contributed by atoms with Crippen molar-refractivity contribution in [1.29, 1.82) is 0 Å². The zero-order valence-electron chi connectivity index (χ0n) is 11.2. The van der Waals surface area contributed by atoms with E-state index in [0.717, 1.165) is 12.8 Å². The summed E-state index contributed by atoms with van der Waals surface area (Å²) >= 11 is 0. The summed E-state index contributed by atoms with van der Waals surface area (Å²) in [6.07, 6.45) is 3.13. The van der Waals surface area contributed by atoms with Gasteiger partial charge in [0.05, 0.1) is 12.0 Å². The lowest BCUT2D eigenvalue weighted by atomic mass is 9.82. The maximum atomic E-state index is 11.8. The first-order chi connectivity index (χ1) is 8.50. The highest BCUT2D eigenvalue weighted by atomic mass is 16.5. The van der Waals surface area contributed by atoms with Crippen LogP contribution in [0.1, 0.15) is 39.0 Å². The standard InChI is InChI=1S/C13H23NO4/c1-10(9-18-2)8-14-11(15)7-13(12(16)17)5-3-4-6-13/h10H,3-9H2,1-2H3,(H,14,15)(H,16,17). The number of nitrogens with one attached hydrogen (secondary N) is 1. The fourth-order valence-electron chi connectivity index (χ4n) is 2.52. The van der Waals surface area contributed by atoms with Gasteiger partial charge in [-0.25, -0.2) is 0 Å². The van der Waals surface area contributed by atoms with Crippen LogP contribution in [0, 0.1) is 11.3 Å². The van der Waals surface area contributed by atoms with Crippen LogP contribution in [0.3, 0.4) is 0 Å². The Kier molecular flexibility index (Phi) is 5.59. The molecular formula is C13H23NO4. The number of carboxylic acids is 1. The van der Waals surface area contributed by atoms with Gasteiger partial charge in [-0.2, -0.15) is 0 Å². The molecule has 1 rings (SSSR count). The van der Waals surface area contributed by atoms with E-state index in [0.29, 0.717) is 26.0 Å². The van der Waals surface area contributed by atoms with Gasteiger partial charge in [-0.15, -0.1) is 0 Å². The van der Waals surface area contributed by atoms with Crippen molar-refractivity contribution in [2.45, 2.75) is 39.0 Å². The second-order valence-corrected chi connectivity index (χ2v) is 5.33. The molecule has 1 amide bonds. The van der Waals surface area contributed by atoms with E-state index in [1.54, 1.807) is 7.11 Å². The smallest absolute Gasteiger partial charge is 0.310 e. The van der Waals surface area contributed by atoms with Gasteiger partial charge in [0.15, 0.2) is 0 Å².